The Kier molecular flexibility index (Phi) is 2.37. The van der Waals surface area contributed by atoms with Crippen molar-refractivity contribution in [2.24, 2.45) is 0 Å². The van der Waals surface area contributed by atoms with Gasteiger partial charge in [-0.15, -0.1) is 11.6 Å². The molecule has 1 N–H and O–H groups in total. The predicted octanol–water partition coefficient (Wildman–Crippen LogP) is 1.33. The number of rotatable bonds is 2. The quantitative estimate of drug-likeness (QED) is 0.616. The van der Waals surface area contributed by atoms with Crippen LogP contribution in [-0.4, -0.2) is 22.4 Å². The van der Waals surface area contributed by atoms with Gasteiger partial charge in [-0.3, -0.25) is 4.79 Å². The van der Waals surface area contributed by atoms with Crippen LogP contribution in [0.2, 0.25) is 0 Å². The molecule has 0 radical (unpaired) electrons. The van der Waals surface area contributed by atoms with Crippen LogP contribution in [0, 0.1) is 0 Å². The highest BCUT2D eigenvalue weighted by molar-refractivity contribution is 6.30. The highest BCUT2D eigenvalue weighted by Crippen LogP contribution is 2.22. The zero-order valence-electron chi connectivity index (χ0n) is 4.57. The Bertz CT molecular complexity index is 120. The fraction of sp³-hybridized carbons (Fsp3) is 0.750. The van der Waals surface area contributed by atoms with Crippen molar-refractivity contribution in [3.8, 4) is 0 Å². The third kappa shape index (κ3) is 2.60. The van der Waals surface area contributed by atoms with E-state index in [1.165, 1.54) is 0 Å². The van der Waals surface area contributed by atoms with Gasteiger partial charge in [0.2, 0.25) is 0 Å². The third-order valence-corrected chi connectivity index (χ3v) is 1.23. The summed E-state index contributed by atoms with van der Waals surface area (Å²) in [6.45, 7) is 0.457. The summed E-state index contributed by atoms with van der Waals surface area (Å²) in [5.74, 6) is -5.06. The van der Waals surface area contributed by atoms with E-state index in [-0.39, 0.29) is 0 Å². The van der Waals surface area contributed by atoms with E-state index < -0.39 is 17.3 Å². The molecule has 0 aliphatic carbocycles. The number of alkyl halides is 3. The topological polar surface area (TPSA) is 37.3 Å². The van der Waals surface area contributed by atoms with E-state index in [4.69, 9.17) is 16.7 Å². The third-order valence-electron chi connectivity index (χ3n) is 0.662. The molecule has 0 fully saturated rings. The molecule has 0 bridgehead atoms. The van der Waals surface area contributed by atoms with Gasteiger partial charge in [-0.1, -0.05) is 0 Å². The minimum atomic E-state index is -3.35. The fourth-order valence-corrected chi connectivity index (χ4v) is 0.217. The first kappa shape index (κ1) is 8.62. The maximum atomic E-state index is 11.9. The lowest BCUT2D eigenvalue weighted by atomic mass is 10.3. The first-order valence-corrected chi connectivity index (χ1v) is 2.54. The Labute approximate surface area is 55.4 Å². The summed E-state index contributed by atoms with van der Waals surface area (Å²) in [5, 5.41) is 5.78. The van der Waals surface area contributed by atoms with E-state index >= 15 is 0 Å². The molecule has 1 atom stereocenters. The van der Waals surface area contributed by atoms with Crippen molar-refractivity contribution in [1.29, 1.82) is 0 Å². The largest absolute Gasteiger partial charge is 0.480 e. The minimum absolute atomic E-state index is 0.457. The molecular formula is C4H5ClF2O2. The van der Waals surface area contributed by atoms with Crippen molar-refractivity contribution in [2.75, 3.05) is 0 Å². The molecule has 54 valence electrons. The molecule has 0 aromatic heterocycles. The predicted molar refractivity (Wildman–Crippen MR) is 27.9 cm³/mol. The number of hydrogen-bond donors (Lipinski definition) is 1. The Morgan fingerprint density at radius 3 is 2.11 bits per heavy atom. The fourth-order valence-electron chi connectivity index (χ4n) is 0.217. The molecule has 0 aromatic rings. The summed E-state index contributed by atoms with van der Waals surface area (Å²) in [6, 6.07) is 0. The number of halogens is 3. The lowest BCUT2D eigenvalue weighted by molar-refractivity contribution is -0.142. The molecule has 0 heterocycles. The zero-order chi connectivity index (χ0) is 7.65. The average Bonchev–Trinajstić information content (AvgIpc) is 1.62. The van der Waals surface area contributed by atoms with Crippen LogP contribution in [0.25, 0.3) is 0 Å². The van der Waals surface area contributed by atoms with Gasteiger partial charge in [-0.05, 0) is 0 Å². The molecule has 0 spiro atoms. The summed E-state index contributed by atoms with van der Waals surface area (Å²) in [6.07, 6.45) is 0. The number of hydrogen-bond acceptors (Lipinski definition) is 1. The van der Waals surface area contributed by atoms with E-state index in [0.29, 0.717) is 6.92 Å². The van der Waals surface area contributed by atoms with Gasteiger partial charge in [0.15, 0.2) is 5.38 Å². The molecule has 5 heteroatoms. The average molecular weight is 159 g/mol. The minimum Gasteiger partial charge on any atom is -0.480 e. The number of aliphatic carboxylic acids is 1. The van der Waals surface area contributed by atoms with Crippen molar-refractivity contribution in [3.63, 3.8) is 0 Å². The van der Waals surface area contributed by atoms with Crippen molar-refractivity contribution >= 4 is 17.6 Å². The highest BCUT2D eigenvalue weighted by Gasteiger charge is 2.38. The zero-order valence-corrected chi connectivity index (χ0v) is 5.32. The van der Waals surface area contributed by atoms with E-state index in [1.54, 1.807) is 0 Å². The van der Waals surface area contributed by atoms with Crippen LogP contribution in [0.3, 0.4) is 0 Å². The van der Waals surface area contributed by atoms with Crippen molar-refractivity contribution in [3.05, 3.63) is 0 Å². The normalized spacial score (nSPS) is 15.1. The van der Waals surface area contributed by atoms with Gasteiger partial charge < -0.3 is 5.11 Å². The Hall–Kier alpha value is -0.380. The number of carboxylic acid groups (broad SMARTS) is 1. The van der Waals surface area contributed by atoms with E-state index in [0.717, 1.165) is 0 Å². The van der Waals surface area contributed by atoms with Crippen LogP contribution in [0.5, 0.6) is 0 Å². The van der Waals surface area contributed by atoms with Crippen molar-refractivity contribution in [1.82, 2.24) is 0 Å². The molecule has 0 rings (SSSR count). The summed E-state index contributed by atoms with van der Waals surface area (Å²) < 4.78 is 23.7. The first-order valence-electron chi connectivity index (χ1n) is 2.10. The van der Waals surface area contributed by atoms with Crippen LogP contribution in [0.1, 0.15) is 6.92 Å². The summed E-state index contributed by atoms with van der Waals surface area (Å²) in [5.41, 5.74) is 0. The molecule has 0 saturated heterocycles. The van der Waals surface area contributed by atoms with Crippen LogP contribution < -0.4 is 0 Å². The standard InChI is InChI=1S/C4H5ClF2O2/c1-4(6,7)2(5)3(8)9/h2H,1H3,(H,8,9). The lowest BCUT2D eigenvalue weighted by Crippen LogP contribution is -2.32. The maximum Gasteiger partial charge on any atom is 0.327 e. The molecule has 0 saturated carbocycles. The molecule has 0 amide bonds. The monoisotopic (exact) mass is 158 g/mol. The second-order valence-electron chi connectivity index (χ2n) is 1.66. The van der Waals surface area contributed by atoms with Crippen LogP contribution in [-0.2, 0) is 4.79 Å². The molecule has 0 aliphatic heterocycles. The Morgan fingerprint density at radius 2 is 2.11 bits per heavy atom. The van der Waals surface area contributed by atoms with Gasteiger partial charge in [0.1, 0.15) is 0 Å². The molecule has 1 unspecified atom stereocenters. The summed E-state index contributed by atoms with van der Waals surface area (Å²) in [7, 11) is 0. The molecule has 9 heavy (non-hydrogen) atoms. The van der Waals surface area contributed by atoms with Gasteiger partial charge in [0, 0.05) is 6.92 Å². The van der Waals surface area contributed by atoms with Crippen LogP contribution in [0.15, 0.2) is 0 Å². The molecule has 0 aromatic carbocycles. The molecule has 0 aliphatic rings. The van der Waals surface area contributed by atoms with Gasteiger partial charge >= 0.3 is 5.97 Å². The maximum absolute atomic E-state index is 11.9. The second kappa shape index (κ2) is 2.47. The van der Waals surface area contributed by atoms with Gasteiger partial charge in [0.05, 0.1) is 0 Å². The molecule has 2 nitrogen and oxygen atoms in total. The van der Waals surface area contributed by atoms with E-state index in [1.807, 2.05) is 0 Å². The van der Waals surface area contributed by atoms with Crippen molar-refractivity contribution in [2.45, 2.75) is 18.2 Å². The van der Waals surface area contributed by atoms with Gasteiger partial charge in [0.25, 0.3) is 5.92 Å². The Morgan fingerprint density at radius 1 is 1.78 bits per heavy atom. The lowest BCUT2D eigenvalue weighted by Gasteiger charge is -2.11. The molecular weight excluding hydrogens is 153 g/mol. The summed E-state index contributed by atoms with van der Waals surface area (Å²) >= 11 is 4.74. The number of carboxylic acids is 1. The number of carbonyl (C=O) groups is 1. The summed E-state index contributed by atoms with van der Waals surface area (Å²) in [4.78, 5) is 9.73. The first-order chi connectivity index (χ1) is 3.85. The second-order valence-corrected chi connectivity index (χ2v) is 2.09. The van der Waals surface area contributed by atoms with Crippen LogP contribution in [0.4, 0.5) is 8.78 Å². The van der Waals surface area contributed by atoms with Crippen molar-refractivity contribution < 1.29 is 18.7 Å². The van der Waals surface area contributed by atoms with Crippen LogP contribution >= 0.6 is 11.6 Å². The highest BCUT2D eigenvalue weighted by atomic mass is 35.5. The Balaban J connectivity index is 4.04. The van der Waals surface area contributed by atoms with Gasteiger partial charge in [-0.25, -0.2) is 8.78 Å². The van der Waals surface area contributed by atoms with E-state index in [9.17, 15) is 13.6 Å². The van der Waals surface area contributed by atoms with Gasteiger partial charge in [-0.2, -0.15) is 0 Å². The van der Waals surface area contributed by atoms with E-state index in [2.05, 4.69) is 0 Å². The smallest absolute Gasteiger partial charge is 0.327 e. The SMILES string of the molecule is CC(F)(F)C(Cl)C(=O)O.